The second kappa shape index (κ2) is 7.44. The molecule has 2 nitrogen and oxygen atoms in total. The van der Waals surface area contributed by atoms with E-state index in [4.69, 9.17) is 11.6 Å². The number of nitrogens with zero attached hydrogens (tertiary/aromatic N) is 1. The van der Waals surface area contributed by atoms with Crippen molar-refractivity contribution in [3.8, 4) is 0 Å². The molecule has 1 fully saturated rings. The van der Waals surface area contributed by atoms with Gasteiger partial charge in [0, 0.05) is 23.1 Å². The Morgan fingerprint density at radius 2 is 2.00 bits per heavy atom. The Labute approximate surface area is 128 Å². The summed E-state index contributed by atoms with van der Waals surface area (Å²) < 4.78 is 0. The molecule has 0 spiro atoms. The Morgan fingerprint density at radius 3 is 2.70 bits per heavy atom. The molecule has 0 saturated carbocycles. The maximum atomic E-state index is 6.08. The van der Waals surface area contributed by atoms with Crippen LogP contribution in [0.25, 0.3) is 0 Å². The minimum Gasteiger partial charge on any atom is -0.307 e. The topological polar surface area (TPSA) is 15.3 Å². The molecule has 1 aromatic carbocycles. The van der Waals surface area contributed by atoms with E-state index in [9.17, 15) is 0 Å². The number of likely N-dealkylation sites (tertiary alicyclic amines) is 1. The van der Waals surface area contributed by atoms with Crippen molar-refractivity contribution < 1.29 is 0 Å². The van der Waals surface area contributed by atoms with Crippen molar-refractivity contribution in [3.05, 3.63) is 34.9 Å². The zero-order chi connectivity index (χ0) is 14.5. The first kappa shape index (κ1) is 15.8. The normalized spacial score (nSPS) is 22.8. The third kappa shape index (κ3) is 4.47. The monoisotopic (exact) mass is 294 g/mol. The lowest BCUT2D eigenvalue weighted by molar-refractivity contribution is 0.228. The lowest BCUT2D eigenvalue weighted by Crippen LogP contribution is -2.34. The van der Waals surface area contributed by atoms with Gasteiger partial charge in [0.05, 0.1) is 0 Å². The van der Waals surface area contributed by atoms with E-state index in [1.807, 2.05) is 12.1 Å². The summed E-state index contributed by atoms with van der Waals surface area (Å²) in [6.07, 6.45) is 3.80. The van der Waals surface area contributed by atoms with Crippen LogP contribution < -0.4 is 5.32 Å². The van der Waals surface area contributed by atoms with Gasteiger partial charge in [0.15, 0.2) is 0 Å². The summed E-state index contributed by atoms with van der Waals surface area (Å²) in [5.74, 6) is 0. The fraction of sp³-hybridized carbons (Fsp3) is 0.647. The van der Waals surface area contributed by atoms with Crippen molar-refractivity contribution >= 4 is 11.6 Å². The van der Waals surface area contributed by atoms with Crippen LogP contribution in [0.15, 0.2) is 24.3 Å². The van der Waals surface area contributed by atoms with Crippen LogP contribution in [0.4, 0.5) is 0 Å². The van der Waals surface area contributed by atoms with Crippen molar-refractivity contribution in [2.75, 3.05) is 13.1 Å². The third-order valence-electron chi connectivity index (χ3n) is 4.33. The number of hydrogen-bond donors (Lipinski definition) is 1. The van der Waals surface area contributed by atoms with E-state index >= 15 is 0 Å². The van der Waals surface area contributed by atoms with Gasteiger partial charge in [-0.15, -0.1) is 0 Å². The predicted octanol–water partition coefficient (Wildman–Crippen LogP) is 4.25. The Bertz CT molecular complexity index is 419. The largest absolute Gasteiger partial charge is 0.307 e. The summed E-state index contributed by atoms with van der Waals surface area (Å²) in [6.45, 7) is 9.26. The van der Waals surface area contributed by atoms with Crippen molar-refractivity contribution in [2.45, 2.75) is 58.2 Å². The van der Waals surface area contributed by atoms with Gasteiger partial charge in [0.2, 0.25) is 0 Å². The SMILES string of the molecule is CC(C)N1CCCC(N[C@@H](C)c2cccc(Cl)c2)CC1. The first-order chi connectivity index (χ1) is 9.56. The van der Waals surface area contributed by atoms with Gasteiger partial charge in [0.1, 0.15) is 0 Å². The van der Waals surface area contributed by atoms with Gasteiger partial charge in [-0.3, -0.25) is 0 Å². The summed E-state index contributed by atoms with van der Waals surface area (Å²) in [6, 6.07) is 9.83. The lowest BCUT2D eigenvalue weighted by atomic mass is 10.0. The molecule has 0 radical (unpaired) electrons. The van der Waals surface area contributed by atoms with Crippen molar-refractivity contribution in [1.29, 1.82) is 0 Å². The quantitative estimate of drug-likeness (QED) is 0.893. The van der Waals surface area contributed by atoms with E-state index in [0.29, 0.717) is 18.1 Å². The molecule has 0 bridgehead atoms. The lowest BCUT2D eigenvalue weighted by Gasteiger charge is -2.25. The molecule has 1 unspecified atom stereocenters. The summed E-state index contributed by atoms with van der Waals surface area (Å²) >= 11 is 6.08. The summed E-state index contributed by atoms with van der Waals surface area (Å²) in [4.78, 5) is 2.59. The molecular weight excluding hydrogens is 268 g/mol. The molecule has 20 heavy (non-hydrogen) atoms. The second-order valence-electron chi connectivity index (χ2n) is 6.20. The van der Waals surface area contributed by atoms with Crippen LogP contribution in [0.5, 0.6) is 0 Å². The minimum absolute atomic E-state index is 0.365. The van der Waals surface area contributed by atoms with Gasteiger partial charge in [-0.1, -0.05) is 23.7 Å². The van der Waals surface area contributed by atoms with Gasteiger partial charge in [-0.25, -0.2) is 0 Å². The highest BCUT2D eigenvalue weighted by atomic mass is 35.5. The van der Waals surface area contributed by atoms with Gasteiger partial charge in [-0.05, 0) is 70.8 Å². The van der Waals surface area contributed by atoms with E-state index in [-0.39, 0.29) is 0 Å². The molecule has 0 amide bonds. The summed E-state index contributed by atoms with van der Waals surface area (Å²) in [5, 5.41) is 4.60. The van der Waals surface area contributed by atoms with Crippen LogP contribution >= 0.6 is 11.6 Å². The molecule has 3 heteroatoms. The highest BCUT2D eigenvalue weighted by molar-refractivity contribution is 6.30. The molecule has 1 N–H and O–H groups in total. The van der Waals surface area contributed by atoms with Crippen molar-refractivity contribution in [1.82, 2.24) is 10.2 Å². The third-order valence-corrected chi connectivity index (χ3v) is 4.56. The van der Waals surface area contributed by atoms with Crippen LogP contribution in [-0.2, 0) is 0 Å². The molecule has 0 aromatic heterocycles. The number of halogens is 1. The van der Waals surface area contributed by atoms with E-state index in [1.54, 1.807) is 0 Å². The van der Waals surface area contributed by atoms with E-state index in [0.717, 1.165) is 5.02 Å². The average molecular weight is 295 g/mol. The molecule has 1 heterocycles. The standard InChI is InChI=1S/C17H27ClN2/c1-13(2)20-10-5-8-17(9-11-20)19-14(3)15-6-4-7-16(18)12-15/h4,6-7,12-14,17,19H,5,8-11H2,1-3H3/t14-,17?/m0/s1. The molecule has 1 aromatic rings. The van der Waals surface area contributed by atoms with Crippen LogP contribution in [0, 0.1) is 0 Å². The van der Waals surface area contributed by atoms with Crippen LogP contribution in [-0.4, -0.2) is 30.1 Å². The van der Waals surface area contributed by atoms with E-state index in [2.05, 4.69) is 43.1 Å². The van der Waals surface area contributed by atoms with Gasteiger partial charge in [-0.2, -0.15) is 0 Å². The molecule has 112 valence electrons. The van der Waals surface area contributed by atoms with Crippen LogP contribution in [0.2, 0.25) is 5.02 Å². The molecule has 1 aliphatic heterocycles. The second-order valence-corrected chi connectivity index (χ2v) is 6.64. The van der Waals surface area contributed by atoms with Gasteiger partial charge >= 0.3 is 0 Å². The maximum Gasteiger partial charge on any atom is 0.0409 e. The molecule has 2 atom stereocenters. The predicted molar refractivity (Wildman–Crippen MR) is 87.4 cm³/mol. The van der Waals surface area contributed by atoms with E-state index in [1.165, 1.54) is 37.9 Å². The number of benzene rings is 1. The van der Waals surface area contributed by atoms with Crippen LogP contribution in [0.1, 0.15) is 51.6 Å². The minimum atomic E-state index is 0.365. The molecule has 0 aliphatic carbocycles. The Kier molecular flexibility index (Phi) is 5.88. The fourth-order valence-electron chi connectivity index (χ4n) is 3.03. The first-order valence-corrected chi connectivity index (χ1v) is 8.19. The zero-order valence-corrected chi connectivity index (χ0v) is 13.7. The zero-order valence-electron chi connectivity index (χ0n) is 12.9. The molecular formula is C17H27ClN2. The number of hydrogen-bond acceptors (Lipinski definition) is 2. The highest BCUT2D eigenvalue weighted by Crippen LogP contribution is 2.20. The smallest absolute Gasteiger partial charge is 0.0409 e. The Morgan fingerprint density at radius 1 is 1.20 bits per heavy atom. The average Bonchev–Trinajstić information content (AvgIpc) is 2.64. The maximum absolute atomic E-state index is 6.08. The van der Waals surface area contributed by atoms with E-state index < -0.39 is 0 Å². The Hall–Kier alpha value is -0.570. The summed E-state index contributed by atoms with van der Waals surface area (Å²) in [7, 11) is 0. The highest BCUT2D eigenvalue weighted by Gasteiger charge is 2.20. The number of rotatable bonds is 4. The fourth-order valence-corrected chi connectivity index (χ4v) is 3.23. The molecule has 1 saturated heterocycles. The molecule has 1 aliphatic rings. The van der Waals surface area contributed by atoms with Crippen molar-refractivity contribution in [2.24, 2.45) is 0 Å². The number of nitrogens with one attached hydrogen (secondary N) is 1. The summed E-state index contributed by atoms with van der Waals surface area (Å²) in [5.41, 5.74) is 1.28. The first-order valence-electron chi connectivity index (χ1n) is 7.82. The van der Waals surface area contributed by atoms with Gasteiger partial charge < -0.3 is 10.2 Å². The van der Waals surface area contributed by atoms with Crippen molar-refractivity contribution in [3.63, 3.8) is 0 Å². The Balaban J connectivity index is 1.90. The van der Waals surface area contributed by atoms with Gasteiger partial charge in [0.25, 0.3) is 0 Å². The van der Waals surface area contributed by atoms with Crippen LogP contribution in [0.3, 0.4) is 0 Å². The molecule has 2 rings (SSSR count).